The van der Waals surface area contributed by atoms with Crippen molar-refractivity contribution < 1.29 is 14.6 Å². The number of ether oxygens (including phenoxy) is 1. The smallest absolute Gasteiger partial charge is 0.257 e. The molecule has 7 heteroatoms. The lowest BCUT2D eigenvalue weighted by Gasteiger charge is -2.13. The summed E-state index contributed by atoms with van der Waals surface area (Å²) in [6, 6.07) is 15.4. The van der Waals surface area contributed by atoms with Crippen LogP contribution >= 0.6 is 23.8 Å². The van der Waals surface area contributed by atoms with Gasteiger partial charge in [-0.05, 0) is 49.5 Å². The summed E-state index contributed by atoms with van der Waals surface area (Å²) in [7, 11) is 0. The fourth-order valence-corrected chi connectivity index (χ4v) is 3.08. The lowest BCUT2D eigenvalue weighted by atomic mass is 10.1. The van der Waals surface area contributed by atoms with E-state index in [-0.39, 0.29) is 16.8 Å². The van der Waals surface area contributed by atoms with Gasteiger partial charge in [0.1, 0.15) is 11.5 Å². The highest BCUT2D eigenvalue weighted by molar-refractivity contribution is 7.80. The zero-order chi connectivity index (χ0) is 19.4. The quantitative estimate of drug-likeness (QED) is 0.552. The zero-order valence-electron chi connectivity index (χ0n) is 14.5. The molecular formula is C20H17ClN2O3S. The normalized spacial score (nSPS) is 10.4. The minimum absolute atomic E-state index is 0.140. The third-order valence-electron chi connectivity index (χ3n) is 3.87. The highest BCUT2D eigenvalue weighted by atomic mass is 35.5. The average molecular weight is 401 g/mol. The SMILES string of the molecule is CCOc1ccc(C(=O)NC(=S)Nc2cccc3c(O)cccc23)cc1Cl. The van der Waals surface area contributed by atoms with Gasteiger partial charge >= 0.3 is 0 Å². The standard InChI is InChI=1S/C20H17ClN2O3S/c1-2-26-18-10-9-12(11-15(18)21)19(25)23-20(27)22-16-7-3-6-14-13(16)5-4-8-17(14)24/h3-11,24H,2H2,1H3,(H2,22,23,25,27). The Morgan fingerprint density at radius 3 is 2.63 bits per heavy atom. The Morgan fingerprint density at radius 2 is 1.89 bits per heavy atom. The van der Waals surface area contributed by atoms with E-state index in [0.717, 1.165) is 5.39 Å². The van der Waals surface area contributed by atoms with Gasteiger partial charge in [-0.15, -0.1) is 0 Å². The molecule has 0 fully saturated rings. The number of halogens is 1. The van der Waals surface area contributed by atoms with E-state index in [0.29, 0.717) is 34.0 Å². The molecule has 3 N–H and O–H groups in total. The van der Waals surface area contributed by atoms with Crippen LogP contribution in [0.1, 0.15) is 17.3 Å². The summed E-state index contributed by atoms with van der Waals surface area (Å²) < 4.78 is 5.36. The molecular weight excluding hydrogens is 384 g/mol. The minimum Gasteiger partial charge on any atom is -0.507 e. The van der Waals surface area contributed by atoms with Gasteiger partial charge in [-0.25, -0.2) is 0 Å². The predicted octanol–water partition coefficient (Wildman–Crippen LogP) is 4.72. The molecule has 138 valence electrons. The van der Waals surface area contributed by atoms with Crippen LogP contribution in [0, 0.1) is 0 Å². The second-order valence-corrected chi connectivity index (χ2v) is 6.48. The molecule has 0 saturated carbocycles. The molecule has 0 aliphatic carbocycles. The van der Waals surface area contributed by atoms with Gasteiger partial charge < -0.3 is 15.2 Å². The van der Waals surface area contributed by atoms with E-state index >= 15 is 0 Å². The number of phenolic OH excluding ortho intramolecular Hbond substituents is 1. The van der Waals surface area contributed by atoms with Gasteiger partial charge in [0.15, 0.2) is 5.11 Å². The van der Waals surface area contributed by atoms with E-state index in [1.807, 2.05) is 19.1 Å². The molecule has 0 atom stereocenters. The third kappa shape index (κ3) is 4.30. The van der Waals surface area contributed by atoms with E-state index in [1.165, 1.54) is 6.07 Å². The maximum absolute atomic E-state index is 12.4. The van der Waals surface area contributed by atoms with Crippen molar-refractivity contribution in [1.82, 2.24) is 5.32 Å². The predicted molar refractivity (Wildman–Crippen MR) is 112 cm³/mol. The van der Waals surface area contributed by atoms with E-state index in [1.54, 1.807) is 36.4 Å². The average Bonchev–Trinajstić information content (AvgIpc) is 2.64. The highest BCUT2D eigenvalue weighted by Crippen LogP contribution is 2.30. The van der Waals surface area contributed by atoms with Gasteiger partial charge in [-0.2, -0.15) is 0 Å². The number of benzene rings is 3. The Balaban J connectivity index is 1.74. The summed E-state index contributed by atoms with van der Waals surface area (Å²) in [5.41, 5.74) is 1.04. The van der Waals surface area contributed by atoms with Crippen LogP contribution in [-0.2, 0) is 0 Å². The number of carbonyl (C=O) groups is 1. The lowest BCUT2D eigenvalue weighted by Crippen LogP contribution is -2.34. The van der Waals surface area contributed by atoms with Crippen LogP contribution in [0.5, 0.6) is 11.5 Å². The Hall–Kier alpha value is -2.83. The lowest BCUT2D eigenvalue weighted by molar-refractivity contribution is 0.0977. The first-order valence-electron chi connectivity index (χ1n) is 8.25. The van der Waals surface area contributed by atoms with Crippen LogP contribution in [-0.4, -0.2) is 22.7 Å². The summed E-state index contributed by atoms with van der Waals surface area (Å²) in [6.07, 6.45) is 0. The summed E-state index contributed by atoms with van der Waals surface area (Å²) in [5.74, 6) is 0.308. The number of hydrogen-bond acceptors (Lipinski definition) is 4. The highest BCUT2D eigenvalue weighted by Gasteiger charge is 2.12. The largest absolute Gasteiger partial charge is 0.507 e. The second kappa shape index (κ2) is 8.24. The molecule has 0 aliphatic rings. The van der Waals surface area contributed by atoms with E-state index in [4.69, 9.17) is 28.6 Å². The van der Waals surface area contributed by atoms with Gasteiger partial charge in [0, 0.05) is 22.0 Å². The first-order valence-corrected chi connectivity index (χ1v) is 9.03. The zero-order valence-corrected chi connectivity index (χ0v) is 16.0. The van der Waals surface area contributed by atoms with Gasteiger partial charge in [0.2, 0.25) is 0 Å². The minimum atomic E-state index is -0.388. The molecule has 1 amide bonds. The number of thiocarbonyl (C=S) groups is 1. The summed E-state index contributed by atoms with van der Waals surface area (Å²) >= 11 is 11.4. The van der Waals surface area contributed by atoms with Gasteiger partial charge in [0.25, 0.3) is 5.91 Å². The van der Waals surface area contributed by atoms with Crippen LogP contribution in [0.25, 0.3) is 10.8 Å². The Bertz CT molecular complexity index is 1020. The summed E-state index contributed by atoms with van der Waals surface area (Å²) in [4.78, 5) is 12.4. The molecule has 3 aromatic carbocycles. The van der Waals surface area contributed by atoms with E-state index in [2.05, 4.69) is 10.6 Å². The molecule has 0 aliphatic heterocycles. The van der Waals surface area contributed by atoms with E-state index < -0.39 is 0 Å². The van der Waals surface area contributed by atoms with Crippen molar-refractivity contribution in [1.29, 1.82) is 0 Å². The molecule has 0 spiro atoms. The number of nitrogens with one attached hydrogen (secondary N) is 2. The molecule has 0 heterocycles. The van der Waals surface area contributed by atoms with Gasteiger partial charge in [-0.3, -0.25) is 10.1 Å². The fraction of sp³-hybridized carbons (Fsp3) is 0.100. The topological polar surface area (TPSA) is 70.6 Å². The monoisotopic (exact) mass is 400 g/mol. The number of carbonyl (C=O) groups excluding carboxylic acids is 1. The number of hydrogen-bond donors (Lipinski definition) is 3. The van der Waals surface area contributed by atoms with Crippen LogP contribution in [0.3, 0.4) is 0 Å². The van der Waals surface area contributed by atoms with Crippen LogP contribution in [0.15, 0.2) is 54.6 Å². The van der Waals surface area contributed by atoms with Crippen molar-refractivity contribution in [2.24, 2.45) is 0 Å². The Morgan fingerprint density at radius 1 is 1.15 bits per heavy atom. The number of aromatic hydroxyl groups is 1. The molecule has 3 rings (SSSR count). The number of fused-ring (bicyclic) bond motifs is 1. The van der Waals surface area contributed by atoms with Crippen molar-refractivity contribution in [2.45, 2.75) is 6.92 Å². The maximum Gasteiger partial charge on any atom is 0.257 e. The van der Waals surface area contributed by atoms with Gasteiger partial charge in [0.05, 0.1) is 11.6 Å². The molecule has 0 bridgehead atoms. The van der Waals surface area contributed by atoms with E-state index in [9.17, 15) is 9.90 Å². The van der Waals surface area contributed by atoms with Gasteiger partial charge in [-0.1, -0.05) is 35.9 Å². The number of amides is 1. The van der Waals surface area contributed by atoms with Crippen LogP contribution in [0.4, 0.5) is 5.69 Å². The van der Waals surface area contributed by atoms with Crippen molar-refractivity contribution in [3.05, 3.63) is 65.2 Å². The molecule has 5 nitrogen and oxygen atoms in total. The second-order valence-electron chi connectivity index (χ2n) is 5.66. The van der Waals surface area contributed by atoms with Crippen molar-refractivity contribution in [2.75, 3.05) is 11.9 Å². The molecule has 27 heavy (non-hydrogen) atoms. The van der Waals surface area contributed by atoms with Crippen LogP contribution < -0.4 is 15.4 Å². The summed E-state index contributed by atoms with van der Waals surface area (Å²) in [6.45, 7) is 2.34. The Labute approximate surface area is 166 Å². The number of rotatable bonds is 4. The van der Waals surface area contributed by atoms with Crippen molar-refractivity contribution >= 4 is 51.3 Å². The van der Waals surface area contributed by atoms with Crippen LogP contribution in [0.2, 0.25) is 5.02 Å². The summed E-state index contributed by atoms with van der Waals surface area (Å²) in [5, 5.41) is 17.5. The molecule has 0 saturated heterocycles. The first kappa shape index (κ1) is 18.9. The van der Waals surface area contributed by atoms with Crippen molar-refractivity contribution in [3.8, 4) is 11.5 Å². The maximum atomic E-state index is 12.4. The molecule has 3 aromatic rings. The molecule has 0 aromatic heterocycles. The van der Waals surface area contributed by atoms with Crippen molar-refractivity contribution in [3.63, 3.8) is 0 Å². The first-order chi connectivity index (χ1) is 13.0. The Kier molecular flexibility index (Phi) is 5.78. The fourth-order valence-electron chi connectivity index (χ4n) is 2.65. The molecule has 0 unspecified atom stereocenters. The number of phenols is 1. The molecule has 0 radical (unpaired) electrons. The number of anilines is 1. The third-order valence-corrected chi connectivity index (χ3v) is 4.37.